The SMILES string of the molecule is COc1ccccc1CC(=O)Nc1ccc2[nH]ccc2c1. The first-order chi connectivity index (χ1) is 10.3. The van der Waals surface area contributed by atoms with E-state index < -0.39 is 0 Å². The molecule has 0 aliphatic heterocycles. The van der Waals surface area contributed by atoms with Crippen molar-refractivity contribution in [1.29, 1.82) is 0 Å². The lowest BCUT2D eigenvalue weighted by molar-refractivity contribution is -0.115. The minimum atomic E-state index is -0.0608. The molecule has 1 amide bonds. The summed E-state index contributed by atoms with van der Waals surface area (Å²) in [5.41, 5.74) is 2.72. The van der Waals surface area contributed by atoms with Crippen LogP contribution < -0.4 is 10.1 Å². The van der Waals surface area contributed by atoms with Crippen LogP contribution in [0.4, 0.5) is 5.69 Å². The van der Waals surface area contributed by atoms with Crippen molar-refractivity contribution in [2.45, 2.75) is 6.42 Å². The summed E-state index contributed by atoms with van der Waals surface area (Å²) < 4.78 is 5.26. The molecule has 0 unspecified atom stereocenters. The number of para-hydroxylation sites is 1. The number of fused-ring (bicyclic) bond motifs is 1. The zero-order chi connectivity index (χ0) is 14.7. The normalized spacial score (nSPS) is 10.5. The lowest BCUT2D eigenvalue weighted by Gasteiger charge is -2.09. The Labute approximate surface area is 122 Å². The number of rotatable bonds is 4. The van der Waals surface area contributed by atoms with Crippen LogP contribution in [0.25, 0.3) is 10.9 Å². The molecule has 2 aromatic carbocycles. The summed E-state index contributed by atoms with van der Waals surface area (Å²) in [6, 6.07) is 15.3. The predicted octanol–water partition coefficient (Wildman–Crippen LogP) is 3.36. The average molecular weight is 280 g/mol. The highest BCUT2D eigenvalue weighted by atomic mass is 16.5. The molecule has 0 saturated heterocycles. The van der Waals surface area contributed by atoms with Crippen LogP contribution in [-0.2, 0) is 11.2 Å². The lowest BCUT2D eigenvalue weighted by Crippen LogP contribution is -2.14. The minimum Gasteiger partial charge on any atom is -0.496 e. The maximum Gasteiger partial charge on any atom is 0.228 e. The van der Waals surface area contributed by atoms with Gasteiger partial charge in [0.15, 0.2) is 0 Å². The van der Waals surface area contributed by atoms with Crippen molar-refractivity contribution in [3.63, 3.8) is 0 Å². The fourth-order valence-electron chi connectivity index (χ4n) is 2.36. The molecule has 0 atom stereocenters. The molecule has 106 valence electrons. The Bertz CT molecular complexity index is 777. The number of H-pyrrole nitrogens is 1. The van der Waals surface area contributed by atoms with Gasteiger partial charge in [-0.3, -0.25) is 4.79 Å². The van der Waals surface area contributed by atoms with E-state index in [9.17, 15) is 4.79 Å². The van der Waals surface area contributed by atoms with Gasteiger partial charge in [-0.1, -0.05) is 18.2 Å². The molecule has 0 fully saturated rings. The van der Waals surface area contributed by atoms with Crippen LogP contribution in [0.15, 0.2) is 54.7 Å². The number of ether oxygens (including phenoxy) is 1. The third kappa shape index (κ3) is 2.89. The molecule has 1 aromatic heterocycles. The van der Waals surface area contributed by atoms with E-state index in [1.54, 1.807) is 7.11 Å². The number of carbonyl (C=O) groups is 1. The standard InChI is InChI=1S/C17H16N2O2/c1-21-16-5-3-2-4-13(16)11-17(20)19-14-6-7-15-12(10-14)8-9-18-15/h2-10,18H,11H2,1H3,(H,19,20). The van der Waals surface area contributed by atoms with E-state index in [-0.39, 0.29) is 12.3 Å². The molecule has 0 radical (unpaired) electrons. The van der Waals surface area contributed by atoms with E-state index in [4.69, 9.17) is 4.74 Å². The van der Waals surface area contributed by atoms with E-state index in [0.717, 1.165) is 27.9 Å². The summed E-state index contributed by atoms with van der Waals surface area (Å²) in [6.07, 6.45) is 2.17. The molecule has 0 aliphatic rings. The first-order valence-electron chi connectivity index (χ1n) is 6.75. The highest BCUT2D eigenvalue weighted by Gasteiger charge is 2.08. The van der Waals surface area contributed by atoms with Crippen LogP contribution in [0.3, 0.4) is 0 Å². The molecule has 3 rings (SSSR count). The number of methoxy groups -OCH3 is 1. The average Bonchev–Trinajstić information content (AvgIpc) is 2.95. The molecule has 0 spiro atoms. The van der Waals surface area contributed by atoms with Gasteiger partial charge in [-0.2, -0.15) is 0 Å². The number of anilines is 1. The molecule has 0 aliphatic carbocycles. The number of aromatic amines is 1. The first-order valence-corrected chi connectivity index (χ1v) is 6.75. The van der Waals surface area contributed by atoms with Crippen molar-refractivity contribution < 1.29 is 9.53 Å². The van der Waals surface area contributed by atoms with Gasteiger partial charge in [-0.05, 0) is 30.3 Å². The molecule has 1 heterocycles. The maximum atomic E-state index is 12.1. The van der Waals surface area contributed by atoms with E-state index >= 15 is 0 Å². The number of amides is 1. The summed E-state index contributed by atoms with van der Waals surface area (Å²) in [6.45, 7) is 0. The van der Waals surface area contributed by atoms with Crippen LogP contribution >= 0.6 is 0 Å². The maximum absolute atomic E-state index is 12.1. The molecule has 4 heteroatoms. The Morgan fingerprint density at radius 3 is 2.90 bits per heavy atom. The second kappa shape index (κ2) is 5.71. The van der Waals surface area contributed by atoms with Crippen LogP contribution in [0, 0.1) is 0 Å². The Balaban J connectivity index is 1.73. The van der Waals surface area contributed by atoms with Crippen LogP contribution in [0.5, 0.6) is 5.75 Å². The Kier molecular flexibility index (Phi) is 3.60. The second-order valence-corrected chi connectivity index (χ2v) is 4.82. The number of hydrogen-bond donors (Lipinski definition) is 2. The largest absolute Gasteiger partial charge is 0.496 e. The van der Waals surface area contributed by atoms with Gasteiger partial charge in [0.05, 0.1) is 13.5 Å². The van der Waals surface area contributed by atoms with Gasteiger partial charge in [0.1, 0.15) is 5.75 Å². The number of benzene rings is 2. The summed E-state index contributed by atoms with van der Waals surface area (Å²) in [4.78, 5) is 15.3. The van der Waals surface area contributed by atoms with Gasteiger partial charge in [0.25, 0.3) is 0 Å². The van der Waals surface area contributed by atoms with Crippen LogP contribution in [0.1, 0.15) is 5.56 Å². The van der Waals surface area contributed by atoms with Crippen LogP contribution in [0.2, 0.25) is 0 Å². The van der Waals surface area contributed by atoms with Crippen molar-refractivity contribution in [3.05, 3.63) is 60.3 Å². The smallest absolute Gasteiger partial charge is 0.228 e. The topological polar surface area (TPSA) is 54.1 Å². The lowest BCUT2D eigenvalue weighted by atomic mass is 10.1. The van der Waals surface area contributed by atoms with Crippen molar-refractivity contribution in [3.8, 4) is 5.75 Å². The van der Waals surface area contributed by atoms with E-state index in [0.29, 0.717) is 0 Å². The predicted molar refractivity (Wildman–Crippen MR) is 83.6 cm³/mol. The summed E-state index contributed by atoms with van der Waals surface area (Å²) >= 11 is 0. The molecular weight excluding hydrogens is 264 g/mol. The summed E-state index contributed by atoms with van der Waals surface area (Å²) in [7, 11) is 1.61. The fourth-order valence-corrected chi connectivity index (χ4v) is 2.36. The van der Waals surface area contributed by atoms with E-state index in [1.807, 2.05) is 54.7 Å². The molecule has 2 N–H and O–H groups in total. The number of aromatic nitrogens is 1. The van der Waals surface area contributed by atoms with Gasteiger partial charge < -0.3 is 15.0 Å². The monoisotopic (exact) mass is 280 g/mol. The second-order valence-electron chi connectivity index (χ2n) is 4.82. The van der Waals surface area contributed by atoms with Crippen molar-refractivity contribution >= 4 is 22.5 Å². The molecular formula is C17H16N2O2. The van der Waals surface area contributed by atoms with Crippen LogP contribution in [-0.4, -0.2) is 18.0 Å². The highest BCUT2D eigenvalue weighted by Crippen LogP contribution is 2.20. The summed E-state index contributed by atoms with van der Waals surface area (Å²) in [5.74, 6) is 0.670. The molecule has 21 heavy (non-hydrogen) atoms. The highest BCUT2D eigenvalue weighted by molar-refractivity contribution is 5.95. The van der Waals surface area contributed by atoms with E-state index in [2.05, 4.69) is 10.3 Å². The zero-order valence-electron chi connectivity index (χ0n) is 11.7. The number of nitrogens with one attached hydrogen (secondary N) is 2. The summed E-state index contributed by atoms with van der Waals surface area (Å²) in [5, 5.41) is 3.99. The number of carbonyl (C=O) groups excluding carboxylic acids is 1. The third-order valence-corrected chi connectivity index (χ3v) is 3.38. The van der Waals surface area contributed by atoms with Crippen molar-refractivity contribution in [2.75, 3.05) is 12.4 Å². The quantitative estimate of drug-likeness (QED) is 0.770. The van der Waals surface area contributed by atoms with Gasteiger partial charge in [0, 0.05) is 28.4 Å². The third-order valence-electron chi connectivity index (χ3n) is 3.38. The van der Waals surface area contributed by atoms with Crippen molar-refractivity contribution in [2.24, 2.45) is 0 Å². The Morgan fingerprint density at radius 1 is 1.19 bits per heavy atom. The van der Waals surface area contributed by atoms with Gasteiger partial charge >= 0.3 is 0 Å². The molecule has 4 nitrogen and oxygen atoms in total. The van der Waals surface area contributed by atoms with E-state index in [1.165, 1.54) is 0 Å². The first kappa shape index (κ1) is 13.2. The Morgan fingerprint density at radius 2 is 2.05 bits per heavy atom. The fraction of sp³-hybridized carbons (Fsp3) is 0.118. The van der Waals surface area contributed by atoms with Gasteiger partial charge in [0.2, 0.25) is 5.91 Å². The molecule has 0 bridgehead atoms. The van der Waals surface area contributed by atoms with Gasteiger partial charge in [-0.15, -0.1) is 0 Å². The van der Waals surface area contributed by atoms with Gasteiger partial charge in [-0.25, -0.2) is 0 Å². The zero-order valence-corrected chi connectivity index (χ0v) is 11.7. The van der Waals surface area contributed by atoms with Crippen molar-refractivity contribution in [1.82, 2.24) is 4.98 Å². The molecule has 0 saturated carbocycles. The molecule has 3 aromatic rings. The Hall–Kier alpha value is -2.75. The minimum absolute atomic E-state index is 0.0608. The number of hydrogen-bond acceptors (Lipinski definition) is 2.